The first-order valence-corrected chi connectivity index (χ1v) is 20.9. The minimum absolute atomic E-state index is 0.0266. The highest BCUT2D eigenvalue weighted by molar-refractivity contribution is 8.13. The number of anilines is 2. The van der Waals surface area contributed by atoms with Crippen LogP contribution in [0.3, 0.4) is 0 Å². The molecule has 6 rings (SSSR count). The predicted octanol–water partition coefficient (Wildman–Crippen LogP) is 5.79. The lowest BCUT2D eigenvalue weighted by Crippen LogP contribution is -2.40. The van der Waals surface area contributed by atoms with E-state index in [0.717, 1.165) is 54.5 Å². The second-order valence-corrected chi connectivity index (χ2v) is 17.3. The topological polar surface area (TPSA) is 182 Å². The van der Waals surface area contributed by atoms with Gasteiger partial charge in [-0.15, -0.1) is 0 Å². The smallest absolute Gasteiger partial charge is 0.261 e. The Morgan fingerprint density at radius 1 is 0.593 bits per heavy atom. The van der Waals surface area contributed by atoms with Crippen molar-refractivity contribution in [3.05, 3.63) is 118 Å². The van der Waals surface area contributed by atoms with Crippen molar-refractivity contribution in [1.29, 1.82) is 0 Å². The Morgan fingerprint density at radius 2 is 0.966 bits per heavy atom. The van der Waals surface area contributed by atoms with Crippen molar-refractivity contribution < 1.29 is 71.8 Å². The number of nitrogens with one attached hydrogen (secondary N) is 3. The van der Waals surface area contributed by atoms with Gasteiger partial charge in [-0.05, 0) is 75.2 Å². The third kappa shape index (κ3) is 12.6. The molecular weight excluding hydrogens is 868 g/mol. The van der Waals surface area contributed by atoms with Crippen LogP contribution < -0.4 is 16.0 Å². The first-order chi connectivity index (χ1) is 27.6. The highest BCUT2D eigenvalue weighted by Gasteiger charge is 2.30. The number of nitrogens with zero attached hydrogens (tertiary/aromatic N) is 1. The van der Waals surface area contributed by atoms with Gasteiger partial charge in [0.05, 0.1) is 33.1 Å². The lowest BCUT2D eigenvalue weighted by Gasteiger charge is -2.28. The van der Waals surface area contributed by atoms with Gasteiger partial charge in [0.2, 0.25) is 10.0 Å². The molecule has 2 aliphatic rings. The van der Waals surface area contributed by atoms with Crippen molar-refractivity contribution in [2.24, 2.45) is 0 Å². The van der Waals surface area contributed by atoms with E-state index >= 15 is 0 Å². The van der Waals surface area contributed by atoms with E-state index in [0.29, 0.717) is 36.4 Å². The maximum Gasteiger partial charge on any atom is 0.261 e. The number of hydrogen-bond donors (Lipinski definition) is 5. The molecule has 4 aromatic rings. The van der Waals surface area contributed by atoms with E-state index in [4.69, 9.17) is 15.8 Å². The van der Waals surface area contributed by atoms with Gasteiger partial charge in [-0.25, -0.2) is 52.0 Å². The number of carbonyl (C=O) groups excluding carboxylic acids is 2. The Balaban J connectivity index is 0.000000227. The van der Waals surface area contributed by atoms with Crippen LogP contribution in [0.1, 0.15) is 46.4 Å². The van der Waals surface area contributed by atoms with Gasteiger partial charge in [0, 0.05) is 59.4 Å². The van der Waals surface area contributed by atoms with E-state index in [1.807, 2.05) is 10.6 Å². The molecule has 2 aliphatic heterocycles. The molecule has 23 heteroatoms. The Kier molecular flexibility index (Phi) is 15.9. The van der Waals surface area contributed by atoms with Crippen LogP contribution in [0, 0.1) is 46.5 Å². The molecule has 0 atom stereocenters. The van der Waals surface area contributed by atoms with Gasteiger partial charge in [-0.2, -0.15) is 4.31 Å². The molecule has 0 spiro atoms. The Bertz CT molecular complexity index is 2370. The van der Waals surface area contributed by atoms with Gasteiger partial charge < -0.3 is 26.2 Å². The second kappa shape index (κ2) is 20.0. The van der Waals surface area contributed by atoms with Crippen LogP contribution in [-0.4, -0.2) is 81.6 Å². The van der Waals surface area contributed by atoms with E-state index in [9.17, 15) is 66.7 Å². The van der Waals surface area contributed by atoms with Crippen molar-refractivity contribution >= 4 is 52.9 Å². The number of halogens is 9. The molecule has 12 nitrogen and oxygen atoms in total. The fourth-order valence-electron chi connectivity index (χ4n) is 5.36. The summed E-state index contributed by atoms with van der Waals surface area (Å²) in [5, 5.41) is 25.5. The molecule has 0 aromatic heterocycles. The maximum absolute atomic E-state index is 14.1. The number of rotatable bonds is 7. The van der Waals surface area contributed by atoms with Crippen molar-refractivity contribution in [1.82, 2.24) is 9.62 Å². The molecular formula is C36H33ClF8N4O8S2. The standard InChI is InChI=1S/C18H16F4N2O4S.C13H6ClF4NO3S.C5H11NO/c19-14-2-1-12(29(27,28)24-5-3-11(25)4-6-24)9-13(14)18(26)23-10-7-15(20)17(22)16(21)8-10;14-23(21,22)7-1-2-9(15)8(5-7)13(20)19-6-3-10(16)12(18)11(17)4-6;7-5-1-3-6-4-2-5/h1-2,7-9,11,25H,3-6H2,(H,23,26);1-5H,(H,19,20);5-7H,1-4H2. The van der Waals surface area contributed by atoms with Crippen LogP contribution in [0.2, 0.25) is 0 Å². The molecule has 59 heavy (non-hydrogen) atoms. The summed E-state index contributed by atoms with van der Waals surface area (Å²) in [6, 6.07) is 6.75. The van der Waals surface area contributed by atoms with Crippen molar-refractivity contribution in [3.63, 3.8) is 0 Å². The molecule has 0 saturated carbocycles. The molecule has 2 fully saturated rings. The lowest BCUT2D eigenvalue weighted by molar-refractivity contribution is 0.101. The average Bonchev–Trinajstić information content (AvgIpc) is 3.16. The summed E-state index contributed by atoms with van der Waals surface area (Å²) in [6.45, 7) is 2.11. The normalized spacial score (nSPS) is 15.3. The maximum atomic E-state index is 14.1. The molecule has 4 aromatic carbocycles. The first kappa shape index (κ1) is 47.0. The van der Waals surface area contributed by atoms with E-state index < -0.39 is 111 Å². The van der Waals surface area contributed by atoms with Crippen molar-refractivity contribution in [2.45, 2.75) is 47.7 Å². The number of hydrogen-bond acceptors (Lipinski definition) is 9. The lowest BCUT2D eigenvalue weighted by atomic mass is 10.1. The van der Waals surface area contributed by atoms with Crippen LogP contribution in [0.4, 0.5) is 46.5 Å². The number of benzene rings is 4. The monoisotopic (exact) mass is 900 g/mol. The Morgan fingerprint density at radius 3 is 1.34 bits per heavy atom. The molecule has 2 heterocycles. The number of piperidine rings is 2. The predicted molar refractivity (Wildman–Crippen MR) is 196 cm³/mol. The Hall–Kier alpha value is -4.71. The summed E-state index contributed by atoms with van der Waals surface area (Å²) in [7, 11) is -3.17. The van der Waals surface area contributed by atoms with Gasteiger partial charge in [0.15, 0.2) is 34.9 Å². The van der Waals surface area contributed by atoms with Crippen molar-refractivity contribution in [2.75, 3.05) is 36.8 Å². The quantitative estimate of drug-likeness (QED) is 0.0871. The zero-order valence-electron chi connectivity index (χ0n) is 30.1. The third-order valence-corrected chi connectivity index (χ3v) is 11.7. The summed E-state index contributed by atoms with van der Waals surface area (Å²) in [4.78, 5) is 23.3. The van der Waals surface area contributed by atoms with E-state index in [1.165, 1.54) is 0 Å². The van der Waals surface area contributed by atoms with Crippen LogP contribution in [-0.2, 0) is 19.1 Å². The van der Waals surface area contributed by atoms with Crippen LogP contribution in [0.5, 0.6) is 0 Å². The summed E-state index contributed by atoms with van der Waals surface area (Å²) < 4.78 is 155. The molecule has 0 unspecified atom stereocenters. The zero-order valence-corrected chi connectivity index (χ0v) is 32.5. The number of amides is 2. The molecule has 0 aliphatic carbocycles. The number of aliphatic hydroxyl groups is 2. The molecule has 0 bridgehead atoms. The van der Waals surface area contributed by atoms with Crippen molar-refractivity contribution in [3.8, 4) is 0 Å². The number of carbonyl (C=O) groups is 2. The minimum atomic E-state index is -4.21. The van der Waals surface area contributed by atoms with E-state index in [2.05, 4.69) is 5.32 Å². The average molecular weight is 901 g/mol. The highest BCUT2D eigenvalue weighted by atomic mass is 35.7. The summed E-state index contributed by atoms with van der Waals surface area (Å²) in [5.41, 5.74) is -2.35. The van der Waals surface area contributed by atoms with Gasteiger partial charge in [-0.1, -0.05) is 0 Å². The van der Waals surface area contributed by atoms with Gasteiger partial charge in [0.1, 0.15) is 11.6 Å². The fraction of sp³-hybridized carbons (Fsp3) is 0.278. The van der Waals surface area contributed by atoms with E-state index in [1.54, 1.807) is 0 Å². The number of sulfonamides is 1. The third-order valence-electron chi connectivity index (χ3n) is 8.50. The largest absolute Gasteiger partial charge is 0.393 e. The number of aliphatic hydroxyl groups excluding tert-OH is 2. The SMILES string of the molecule is O=C(Nc1cc(F)c(F)c(F)c1)c1cc(S(=O)(=O)Cl)ccc1F.O=C(Nc1cc(F)c(F)c(F)c1)c1cc(S(=O)(=O)N2CCC(O)CC2)ccc1F.OC1CCNCC1. The van der Waals surface area contributed by atoms with Crippen LogP contribution in [0.25, 0.3) is 0 Å². The van der Waals surface area contributed by atoms with Crippen LogP contribution in [0.15, 0.2) is 70.5 Å². The van der Waals surface area contributed by atoms with E-state index in [-0.39, 0.29) is 36.9 Å². The fourth-order valence-corrected chi connectivity index (χ4v) is 7.63. The summed E-state index contributed by atoms with van der Waals surface area (Å²) >= 11 is 0. The first-order valence-electron chi connectivity index (χ1n) is 17.1. The molecule has 0 radical (unpaired) electrons. The molecule has 320 valence electrons. The molecule has 5 N–H and O–H groups in total. The highest BCUT2D eigenvalue weighted by Crippen LogP contribution is 2.25. The summed E-state index contributed by atoms with van der Waals surface area (Å²) in [6.07, 6.45) is 1.72. The minimum Gasteiger partial charge on any atom is -0.393 e. The van der Waals surface area contributed by atoms with Crippen LogP contribution >= 0.6 is 10.7 Å². The summed E-state index contributed by atoms with van der Waals surface area (Å²) in [5.74, 6) is -14.2. The molecule has 2 saturated heterocycles. The zero-order chi connectivity index (χ0) is 43.8. The Labute approximate surface area is 336 Å². The van der Waals surface area contributed by atoms with Gasteiger partial charge in [0.25, 0.3) is 20.9 Å². The second-order valence-electron chi connectivity index (χ2n) is 12.8. The van der Waals surface area contributed by atoms with Gasteiger partial charge >= 0.3 is 0 Å². The van der Waals surface area contributed by atoms with Gasteiger partial charge in [-0.3, -0.25) is 9.59 Å². The molecule has 2 amide bonds.